The van der Waals surface area contributed by atoms with Crippen LogP contribution in [0, 0.1) is 0 Å². The van der Waals surface area contributed by atoms with Gasteiger partial charge in [-0.3, -0.25) is 4.99 Å². The van der Waals surface area contributed by atoms with Crippen molar-refractivity contribution in [2.45, 2.75) is 25.7 Å². The van der Waals surface area contributed by atoms with E-state index in [1.54, 1.807) is 14.2 Å². The molecule has 0 aliphatic heterocycles. The number of hydrogen-bond acceptors (Lipinski definition) is 6. The standard InChI is InChI=1S/C29H35N5O3/c1-35-26-15-9-22(10-16-26)7-13-24-21-25(14-8-23-11-17-27(36-2)18-12-23)34-29(33-24)37-20-6-4-3-5-19-32-28(30)31/h7-18,21H,3-6,19-20H2,1-2H3,(H4,30,31,32). The van der Waals surface area contributed by atoms with Crippen LogP contribution in [0.15, 0.2) is 59.6 Å². The molecule has 3 rings (SSSR count). The Kier molecular flexibility index (Phi) is 11.0. The fraction of sp³-hybridized carbons (Fsp3) is 0.276. The van der Waals surface area contributed by atoms with Gasteiger partial charge in [0.15, 0.2) is 5.96 Å². The van der Waals surface area contributed by atoms with Crippen molar-refractivity contribution in [1.29, 1.82) is 0 Å². The molecule has 0 atom stereocenters. The molecular formula is C29H35N5O3. The lowest BCUT2D eigenvalue weighted by Crippen LogP contribution is -2.22. The zero-order valence-electron chi connectivity index (χ0n) is 21.5. The van der Waals surface area contributed by atoms with Gasteiger partial charge in [0.2, 0.25) is 0 Å². The highest BCUT2D eigenvalue weighted by molar-refractivity contribution is 5.75. The molecule has 8 heteroatoms. The Balaban J connectivity index is 1.67. The molecule has 4 N–H and O–H groups in total. The van der Waals surface area contributed by atoms with Crippen LogP contribution in [0.2, 0.25) is 0 Å². The Morgan fingerprint density at radius 3 is 1.73 bits per heavy atom. The second kappa shape index (κ2) is 14.9. The molecule has 0 amide bonds. The summed E-state index contributed by atoms with van der Waals surface area (Å²) in [5, 5.41) is 0. The number of rotatable bonds is 14. The first-order valence-corrected chi connectivity index (χ1v) is 12.3. The Morgan fingerprint density at radius 2 is 1.24 bits per heavy atom. The van der Waals surface area contributed by atoms with E-state index in [0.29, 0.717) is 19.2 Å². The highest BCUT2D eigenvalue weighted by atomic mass is 16.5. The first-order chi connectivity index (χ1) is 18.1. The van der Waals surface area contributed by atoms with Crippen molar-refractivity contribution >= 4 is 30.3 Å². The third kappa shape index (κ3) is 10.0. The monoisotopic (exact) mass is 501 g/mol. The molecule has 0 saturated carbocycles. The third-order valence-electron chi connectivity index (χ3n) is 5.45. The van der Waals surface area contributed by atoms with Crippen LogP contribution in [0.4, 0.5) is 0 Å². The third-order valence-corrected chi connectivity index (χ3v) is 5.45. The lowest BCUT2D eigenvalue weighted by atomic mass is 10.1. The summed E-state index contributed by atoms with van der Waals surface area (Å²) in [7, 11) is 3.31. The quantitative estimate of drug-likeness (QED) is 0.180. The van der Waals surface area contributed by atoms with E-state index in [2.05, 4.69) is 15.0 Å². The van der Waals surface area contributed by atoms with Gasteiger partial charge in [-0.1, -0.05) is 42.8 Å². The number of nitrogens with two attached hydrogens (primary N) is 2. The lowest BCUT2D eigenvalue weighted by molar-refractivity contribution is 0.281. The van der Waals surface area contributed by atoms with Crippen molar-refractivity contribution in [3.63, 3.8) is 0 Å². The topological polar surface area (TPSA) is 118 Å². The lowest BCUT2D eigenvalue weighted by Gasteiger charge is -2.07. The van der Waals surface area contributed by atoms with E-state index in [0.717, 1.165) is 59.7 Å². The Labute approximate surface area is 218 Å². The van der Waals surface area contributed by atoms with Gasteiger partial charge >= 0.3 is 6.01 Å². The number of aromatic nitrogens is 2. The van der Waals surface area contributed by atoms with Gasteiger partial charge < -0.3 is 25.7 Å². The van der Waals surface area contributed by atoms with E-state index in [1.807, 2.05) is 78.9 Å². The largest absolute Gasteiger partial charge is 0.497 e. The molecule has 8 nitrogen and oxygen atoms in total. The minimum atomic E-state index is 0.137. The zero-order valence-corrected chi connectivity index (χ0v) is 21.5. The predicted octanol–water partition coefficient (Wildman–Crippen LogP) is 5.05. The Morgan fingerprint density at radius 1 is 0.730 bits per heavy atom. The molecule has 0 radical (unpaired) electrons. The van der Waals surface area contributed by atoms with Gasteiger partial charge in [-0.15, -0.1) is 0 Å². The van der Waals surface area contributed by atoms with Crippen LogP contribution in [0.5, 0.6) is 17.5 Å². The maximum Gasteiger partial charge on any atom is 0.317 e. The van der Waals surface area contributed by atoms with Crippen LogP contribution in [0.25, 0.3) is 24.3 Å². The van der Waals surface area contributed by atoms with Crippen LogP contribution in [0.1, 0.15) is 48.2 Å². The normalized spacial score (nSPS) is 11.1. The summed E-state index contributed by atoms with van der Waals surface area (Å²) in [4.78, 5) is 13.2. The maximum atomic E-state index is 5.91. The number of benzene rings is 2. The summed E-state index contributed by atoms with van der Waals surface area (Å²) in [5.74, 6) is 1.77. The smallest absolute Gasteiger partial charge is 0.317 e. The minimum Gasteiger partial charge on any atom is -0.497 e. The van der Waals surface area contributed by atoms with E-state index in [-0.39, 0.29) is 5.96 Å². The van der Waals surface area contributed by atoms with Gasteiger partial charge in [0.1, 0.15) is 11.5 Å². The summed E-state index contributed by atoms with van der Waals surface area (Å²) in [6.45, 7) is 1.19. The van der Waals surface area contributed by atoms with Gasteiger partial charge in [-0.2, -0.15) is 9.97 Å². The van der Waals surface area contributed by atoms with Crippen LogP contribution in [-0.4, -0.2) is 43.3 Å². The summed E-state index contributed by atoms with van der Waals surface area (Å²) >= 11 is 0. The maximum absolute atomic E-state index is 5.91. The number of nitrogens with zero attached hydrogens (tertiary/aromatic N) is 3. The fourth-order valence-corrected chi connectivity index (χ4v) is 3.43. The molecular weight excluding hydrogens is 466 g/mol. The highest BCUT2D eigenvalue weighted by Gasteiger charge is 2.04. The molecule has 0 saturated heterocycles. The number of aliphatic imine (C=N–C) groups is 1. The Bertz CT molecular complexity index is 1110. The second-order valence-electron chi connectivity index (χ2n) is 8.28. The first kappa shape index (κ1) is 27.3. The molecule has 2 aromatic carbocycles. The molecule has 1 heterocycles. The Hall–Kier alpha value is -4.33. The number of ether oxygens (including phenoxy) is 3. The van der Waals surface area contributed by atoms with E-state index < -0.39 is 0 Å². The molecule has 194 valence electrons. The average molecular weight is 502 g/mol. The molecule has 0 aliphatic rings. The number of methoxy groups -OCH3 is 2. The van der Waals surface area contributed by atoms with Crippen LogP contribution >= 0.6 is 0 Å². The molecule has 1 aromatic heterocycles. The van der Waals surface area contributed by atoms with Crippen LogP contribution in [0.3, 0.4) is 0 Å². The first-order valence-electron chi connectivity index (χ1n) is 12.3. The van der Waals surface area contributed by atoms with Crippen molar-refractivity contribution in [1.82, 2.24) is 9.97 Å². The van der Waals surface area contributed by atoms with E-state index in [9.17, 15) is 0 Å². The fourth-order valence-electron chi connectivity index (χ4n) is 3.43. The van der Waals surface area contributed by atoms with Gasteiger partial charge in [0.05, 0.1) is 32.2 Å². The number of unbranched alkanes of at least 4 members (excludes halogenated alkanes) is 3. The number of guanidine groups is 1. The molecule has 37 heavy (non-hydrogen) atoms. The van der Waals surface area contributed by atoms with Crippen LogP contribution < -0.4 is 25.7 Å². The zero-order chi connectivity index (χ0) is 26.3. The summed E-state index contributed by atoms with van der Waals surface area (Å²) in [6.07, 6.45) is 11.8. The van der Waals surface area contributed by atoms with Crippen molar-refractivity contribution in [3.8, 4) is 17.5 Å². The second-order valence-corrected chi connectivity index (χ2v) is 8.28. The van der Waals surface area contributed by atoms with E-state index in [1.165, 1.54) is 0 Å². The molecule has 0 fully saturated rings. The van der Waals surface area contributed by atoms with Crippen LogP contribution in [-0.2, 0) is 0 Å². The molecule has 0 aliphatic carbocycles. The SMILES string of the molecule is COc1ccc(C=Cc2cc(C=Cc3ccc(OC)cc3)nc(OCCCCCCN=C(N)N)n2)cc1. The average Bonchev–Trinajstić information content (AvgIpc) is 2.92. The van der Waals surface area contributed by atoms with Crippen molar-refractivity contribution in [3.05, 3.63) is 77.1 Å². The molecule has 0 unspecified atom stereocenters. The number of hydrogen-bond donors (Lipinski definition) is 2. The van der Waals surface area contributed by atoms with E-state index >= 15 is 0 Å². The molecule has 0 bridgehead atoms. The highest BCUT2D eigenvalue weighted by Crippen LogP contribution is 2.18. The van der Waals surface area contributed by atoms with Crippen molar-refractivity contribution in [2.24, 2.45) is 16.5 Å². The van der Waals surface area contributed by atoms with Crippen molar-refractivity contribution in [2.75, 3.05) is 27.4 Å². The van der Waals surface area contributed by atoms with Gasteiger partial charge in [0, 0.05) is 6.54 Å². The van der Waals surface area contributed by atoms with Gasteiger partial charge in [-0.25, -0.2) is 0 Å². The summed E-state index contributed by atoms with van der Waals surface area (Å²) < 4.78 is 16.4. The van der Waals surface area contributed by atoms with Gasteiger partial charge in [0.25, 0.3) is 0 Å². The van der Waals surface area contributed by atoms with Gasteiger partial charge in [-0.05, 0) is 72.9 Å². The summed E-state index contributed by atoms with van der Waals surface area (Å²) in [6, 6.07) is 17.9. The van der Waals surface area contributed by atoms with E-state index in [4.69, 9.17) is 25.7 Å². The van der Waals surface area contributed by atoms with Crippen molar-refractivity contribution < 1.29 is 14.2 Å². The minimum absolute atomic E-state index is 0.137. The molecule has 3 aromatic rings. The molecule has 0 spiro atoms. The summed E-state index contributed by atoms with van der Waals surface area (Å²) in [5.41, 5.74) is 14.3. The predicted molar refractivity (Wildman–Crippen MR) is 151 cm³/mol.